The highest BCUT2D eigenvalue weighted by Gasteiger charge is 2.34. The summed E-state index contributed by atoms with van der Waals surface area (Å²) in [4.78, 5) is 8.62. The zero-order chi connectivity index (χ0) is 11.4. The molecule has 4 heteroatoms. The van der Waals surface area contributed by atoms with Gasteiger partial charge in [-0.2, -0.15) is 0 Å². The highest BCUT2D eigenvalue weighted by atomic mass is 16.5. The molecule has 1 fully saturated rings. The van der Waals surface area contributed by atoms with Crippen LogP contribution in [0.4, 0.5) is 0 Å². The minimum absolute atomic E-state index is 0.516. The molecule has 0 radical (unpaired) electrons. The van der Waals surface area contributed by atoms with Crippen LogP contribution in [0, 0.1) is 5.92 Å². The van der Waals surface area contributed by atoms with E-state index in [9.17, 15) is 0 Å². The van der Waals surface area contributed by atoms with Gasteiger partial charge < -0.3 is 10.1 Å². The van der Waals surface area contributed by atoms with E-state index < -0.39 is 0 Å². The molecule has 1 aromatic rings. The van der Waals surface area contributed by atoms with Crippen molar-refractivity contribution in [2.75, 3.05) is 20.2 Å². The number of ether oxygens (including phenoxy) is 1. The fraction of sp³-hybridized carbons (Fsp3) is 0.667. The minimum Gasteiger partial charge on any atom is -0.480 e. The predicted octanol–water partition coefficient (Wildman–Crippen LogP) is 1.59. The van der Waals surface area contributed by atoms with E-state index in [1.807, 2.05) is 0 Å². The summed E-state index contributed by atoms with van der Waals surface area (Å²) in [6.07, 6.45) is 5.91. The van der Waals surface area contributed by atoms with E-state index in [0.29, 0.717) is 17.7 Å². The van der Waals surface area contributed by atoms with Gasteiger partial charge in [-0.25, -0.2) is 4.98 Å². The van der Waals surface area contributed by atoms with Crippen LogP contribution in [0.5, 0.6) is 5.88 Å². The fourth-order valence-electron chi connectivity index (χ4n) is 2.25. The molecule has 0 aromatic carbocycles. The third kappa shape index (κ3) is 2.16. The molecule has 0 aliphatic heterocycles. The van der Waals surface area contributed by atoms with Crippen molar-refractivity contribution in [3.05, 3.63) is 18.1 Å². The molecule has 1 aliphatic rings. The molecule has 1 aromatic heterocycles. The van der Waals surface area contributed by atoms with E-state index in [0.717, 1.165) is 18.8 Å². The maximum absolute atomic E-state index is 5.26. The van der Waals surface area contributed by atoms with Gasteiger partial charge in [-0.3, -0.25) is 4.98 Å². The summed E-state index contributed by atoms with van der Waals surface area (Å²) in [5, 5.41) is 3.40. The lowest BCUT2D eigenvalue weighted by atomic mass is 9.71. The molecule has 88 valence electrons. The first-order chi connectivity index (χ1) is 7.86. The Balaban J connectivity index is 2.06. The second-order valence-electron chi connectivity index (χ2n) is 4.20. The summed E-state index contributed by atoms with van der Waals surface area (Å²) in [6.45, 7) is 4.23. The summed E-state index contributed by atoms with van der Waals surface area (Å²) < 4.78 is 5.26. The van der Waals surface area contributed by atoms with Crippen molar-refractivity contribution in [2.24, 2.45) is 5.92 Å². The third-order valence-corrected chi connectivity index (χ3v) is 3.31. The Morgan fingerprint density at radius 3 is 2.81 bits per heavy atom. The van der Waals surface area contributed by atoms with Crippen LogP contribution in [0.1, 0.15) is 31.4 Å². The van der Waals surface area contributed by atoms with Crippen molar-refractivity contribution in [3.63, 3.8) is 0 Å². The van der Waals surface area contributed by atoms with Crippen molar-refractivity contribution in [1.29, 1.82) is 0 Å². The van der Waals surface area contributed by atoms with Crippen LogP contribution in [0.15, 0.2) is 12.4 Å². The average molecular weight is 221 g/mol. The zero-order valence-corrected chi connectivity index (χ0v) is 9.94. The van der Waals surface area contributed by atoms with Crippen molar-refractivity contribution >= 4 is 0 Å². The standard InChI is InChI=1S/C12H19N3O/c1-3-13-8-9-4-5-10(9)11-12(16-2)15-7-6-14-11/h6-7,9-10,13H,3-5,8H2,1-2H3. The molecular weight excluding hydrogens is 202 g/mol. The summed E-state index contributed by atoms with van der Waals surface area (Å²) >= 11 is 0. The topological polar surface area (TPSA) is 47.0 Å². The Hall–Kier alpha value is -1.16. The molecule has 1 aliphatic carbocycles. The smallest absolute Gasteiger partial charge is 0.235 e. The number of hydrogen-bond donors (Lipinski definition) is 1. The molecule has 0 bridgehead atoms. The lowest BCUT2D eigenvalue weighted by Gasteiger charge is -2.36. The number of nitrogens with one attached hydrogen (secondary N) is 1. The highest BCUT2D eigenvalue weighted by molar-refractivity contribution is 5.24. The van der Waals surface area contributed by atoms with E-state index >= 15 is 0 Å². The number of aromatic nitrogens is 2. The second kappa shape index (κ2) is 5.25. The number of hydrogen-bond acceptors (Lipinski definition) is 4. The Morgan fingerprint density at radius 2 is 2.19 bits per heavy atom. The van der Waals surface area contributed by atoms with Crippen LogP contribution < -0.4 is 10.1 Å². The normalized spacial score (nSPS) is 23.9. The van der Waals surface area contributed by atoms with Crippen molar-refractivity contribution in [1.82, 2.24) is 15.3 Å². The number of nitrogens with zero attached hydrogens (tertiary/aromatic N) is 2. The van der Waals surface area contributed by atoms with Gasteiger partial charge in [0, 0.05) is 18.3 Å². The molecular formula is C12H19N3O. The van der Waals surface area contributed by atoms with E-state index in [4.69, 9.17) is 4.74 Å². The Labute approximate surface area is 96.4 Å². The quantitative estimate of drug-likeness (QED) is 0.820. The Bertz CT molecular complexity index is 343. The Kier molecular flexibility index (Phi) is 3.72. The van der Waals surface area contributed by atoms with Crippen molar-refractivity contribution in [3.8, 4) is 5.88 Å². The molecule has 0 saturated heterocycles. The highest BCUT2D eigenvalue weighted by Crippen LogP contribution is 2.43. The first kappa shape index (κ1) is 11.3. The molecule has 1 N–H and O–H groups in total. The molecule has 0 amide bonds. The first-order valence-electron chi connectivity index (χ1n) is 5.92. The van der Waals surface area contributed by atoms with Crippen LogP contribution in [0.2, 0.25) is 0 Å². The van der Waals surface area contributed by atoms with Crippen LogP contribution >= 0.6 is 0 Å². The van der Waals surface area contributed by atoms with Gasteiger partial charge in [0.05, 0.1) is 7.11 Å². The minimum atomic E-state index is 0.516. The molecule has 2 rings (SSSR count). The average Bonchev–Trinajstić information content (AvgIpc) is 2.29. The Morgan fingerprint density at radius 1 is 1.38 bits per heavy atom. The van der Waals surface area contributed by atoms with Gasteiger partial charge >= 0.3 is 0 Å². The van der Waals surface area contributed by atoms with Gasteiger partial charge in [0.2, 0.25) is 5.88 Å². The zero-order valence-electron chi connectivity index (χ0n) is 9.94. The summed E-state index contributed by atoms with van der Waals surface area (Å²) in [5.41, 5.74) is 1.03. The summed E-state index contributed by atoms with van der Waals surface area (Å²) in [7, 11) is 1.66. The van der Waals surface area contributed by atoms with Crippen LogP contribution in [-0.4, -0.2) is 30.2 Å². The predicted molar refractivity (Wildman–Crippen MR) is 62.6 cm³/mol. The van der Waals surface area contributed by atoms with Gasteiger partial charge in [0.15, 0.2) is 0 Å². The maximum atomic E-state index is 5.26. The van der Waals surface area contributed by atoms with E-state index in [2.05, 4.69) is 22.2 Å². The lowest BCUT2D eigenvalue weighted by molar-refractivity contribution is 0.234. The first-order valence-corrected chi connectivity index (χ1v) is 5.92. The summed E-state index contributed by atoms with van der Waals surface area (Å²) in [5.74, 6) is 1.89. The lowest BCUT2D eigenvalue weighted by Crippen LogP contribution is -2.34. The van der Waals surface area contributed by atoms with E-state index in [1.54, 1.807) is 19.5 Å². The summed E-state index contributed by atoms with van der Waals surface area (Å²) in [6, 6.07) is 0. The van der Waals surface area contributed by atoms with Gasteiger partial charge in [-0.15, -0.1) is 0 Å². The van der Waals surface area contributed by atoms with Crippen molar-refractivity contribution < 1.29 is 4.74 Å². The van der Waals surface area contributed by atoms with E-state index in [1.165, 1.54) is 12.8 Å². The second-order valence-corrected chi connectivity index (χ2v) is 4.20. The third-order valence-electron chi connectivity index (χ3n) is 3.31. The van der Waals surface area contributed by atoms with Gasteiger partial charge in [0.25, 0.3) is 0 Å². The molecule has 4 nitrogen and oxygen atoms in total. The van der Waals surface area contributed by atoms with Gasteiger partial charge in [0.1, 0.15) is 5.69 Å². The largest absolute Gasteiger partial charge is 0.480 e. The van der Waals surface area contributed by atoms with Crippen molar-refractivity contribution in [2.45, 2.75) is 25.7 Å². The molecule has 0 spiro atoms. The SMILES string of the molecule is CCNCC1CCC1c1nccnc1OC. The van der Waals surface area contributed by atoms with Gasteiger partial charge in [-0.1, -0.05) is 6.92 Å². The van der Waals surface area contributed by atoms with Crippen LogP contribution in [0.3, 0.4) is 0 Å². The molecule has 1 heterocycles. The fourth-order valence-corrected chi connectivity index (χ4v) is 2.25. The number of rotatable bonds is 5. The van der Waals surface area contributed by atoms with Crippen LogP contribution in [-0.2, 0) is 0 Å². The maximum Gasteiger partial charge on any atom is 0.235 e. The molecule has 2 atom stereocenters. The molecule has 16 heavy (non-hydrogen) atoms. The monoisotopic (exact) mass is 221 g/mol. The molecule has 1 saturated carbocycles. The molecule has 2 unspecified atom stereocenters. The number of methoxy groups -OCH3 is 1. The van der Waals surface area contributed by atoms with Crippen LogP contribution in [0.25, 0.3) is 0 Å². The van der Waals surface area contributed by atoms with Gasteiger partial charge in [-0.05, 0) is 31.8 Å². The van der Waals surface area contributed by atoms with E-state index in [-0.39, 0.29) is 0 Å².